The third-order valence-corrected chi connectivity index (χ3v) is 2.94. The molecule has 106 valence electrons. The molecule has 2 heterocycles. The number of hydrogen-bond donors (Lipinski definition) is 0. The molecule has 0 bridgehead atoms. The van der Waals surface area contributed by atoms with Gasteiger partial charge in [0.2, 0.25) is 0 Å². The van der Waals surface area contributed by atoms with Gasteiger partial charge in [-0.1, -0.05) is 29.8 Å². The highest BCUT2D eigenvalue weighted by molar-refractivity contribution is 5.25. The van der Waals surface area contributed by atoms with Crippen molar-refractivity contribution in [1.82, 2.24) is 19.5 Å². The molecule has 0 saturated heterocycles. The van der Waals surface area contributed by atoms with Crippen molar-refractivity contribution in [3.63, 3.8) is 0 Å². The van der Waals surface area contributed by atoms with Gasteiger partial charge in [0.05, 0.1) is 6.20 Å². The maximum absolute atomic E-state index is 13.7. The van der Waals surface area contributed by atoms with Crippen molar-refractivity contribution in [2.75, 3.05) is 0 Å². The van der Waals surface area contributed by atoms with Crippen molar-refractivity contribution in [3.8, 4) is 11.8 Å². The van der Waals surface area contributed by atoms with Crippen LogP contribution in [0.3, 0.4) is 0 Å². The SMILES string of the molecule is Cc1ccc(COc2ncc(F)c(-n3ccnc3)n2)cc1. The number of ether oxygens (including phenoxy) is 1. The number of imidazole rings is 1. The van der Waals surface area contributed by atoms with Crippen molar-refractivity contribution < 1.29 is 9.13 Å². The summed E-state index contributed by atoms with van der Waals surface area (Å²) in [6, 6.07) is 8.06. The monoisotopic (exact) mass is 284 g/mol. The zero-order valence-electron chi connectivity index (χ0n) is 11.4. The number of hydrogen-bond acceptors (Lipinski definition) is 4. The summed E-state index contributed by atoms with van der Waals surface area (Å²) in [7, 11) is 0. The van der Waals surface area contributed by atoms with Crippen LogP contribution in [0.15, 0.2) is 49.2 Å². The molecule has 2 aromatic heterocycles. The molecule has 5 nitrogen and oxygen atoms in total. The van der Waals surface area contributed by atoms with E-state index in [0.29, 0.717) is 6.61 Å². The average molecular weight is 284 g/mol. The van der Waals surface area contributed by atoms with Crippen LogP contribution < -0.4 is 4.74 Å². The Morgan fingerprint density at radius 2 is 2.05 bits per heavy atom. The van der Waals surface area contributed by atoms with Crippen LogP contribution in [-0.2, 0) is 6.61 Å². The van der Waals surface area contributed by atoms with Gasteiger partial charge < -0.3 is 4.74 Å². The fourth-order valence-electron chi connectivity index (χ4n) is 1.81. The summed E-state index contributed by atoms with van der Waals surface area (Å²) in [6.07, 6.45) is 5.71. The predicted molar refractivity (Wildman–Crippen MR) is 74.6 cm³/mol. The van der Waals surface area contributed by atoms with Gasteiger partial charge >= 0.3 is 6.01 Å². The number of aromatic nitrogens is 4. The second kappa shape index (κ2) is 5.70. The van der Waals surface area contributed by atoms with Gasteiger partial charge in [-0.3, -0.25) is 4.57 Å². The summed E-state index contributed by atoms with van der Waals surface area (Å²) in [5.74, 6) is -0.419. The highest BCUT2D eigenvalue weighted by atomic mass is 19.1. The standard InChI is InChI=1S/C15H13FN4O/c1-11-2-4-12(5-3-11)9-21-15-18-8-13(16)14(19-15)20-7-6-17-10-20/h2-8,10H,9H2,1H3. The average Bonchev–Trinajstić information content (AvgIpc) is 3.02. The van der Waals surface area contributed by atoms with Gasteiger partial charge in [0.1, 0.15) is 12.9 Å². The van der Waals surface area contributed by atoms with Crippen LogP contribution in [-0.4, -0.2) is 19.5 Å². The molecule has 21 heavy (non-hydrogen) atoms. The van der Waals surface area contributed by atoms with E-state index in [2.05, 4.69) is 15.0 Å². The van der Waals surface area contributed by atoms with Crippen molar-refractivity contribution in [2.24, 2.45) is 0 Å². The molecular formula is C15H13FN4O. The summed E-state index contributed by atoms with van der Waals surface area (Å²) >= 11 is 0. The van der Waals surface area contributed by atoms with Crippen LogP contribution in [0.5, 0.6) is 6.01 Å². The number of nitrogens with zero attached hydrogens (tertiary/aromatic N) is 4. The van der Waals surface area contributed by atoms with Crippen LogP contribution in [0.2, 0.25) is 0 Å². The second-order valence-electron chi connectivity index (χ2n) is 4.57. The van der Waals surface area contributed by atoms with E-state index in [0.717, 1.165) is 11.8 Å². The molecule has 3 rings (SSSR count). The van der Waals surface area contributed by atoms with Gasteiger partial charge in [-0.15, -0.1) is 0 Å². The fraction of sp³-hybridized carbons (Fsp3) is 0.133. The maximum Gasteiger partial charge on any atom is 0.318 e. The van der Waals surface area contributed by atoms with Crippen LogP contribution in [0, 0.1) is 12.7 Å². The predicted octanol–water partition coefficient (Wildman–Crippen LogP) is 2.69. The highest BCUT2D eigenvalue weighted by Crippen LogP contribution is 2.14. The van der Waals surface area contributed by atoms with E-state index in [1.165, 1.54) is 16.5 Å². The van der Waals surface area contributed by atoms with Gasteiger partial charge in [0.25, 0.3) is 0 Å². The third kappa shape index (κ3) is 3.05. The van der Waals surface area contributed by atoms with E-state index in [1.807, 2.05) is 31.2 Å². The summed E-state index contributed by atoms with van der Waals surface area (Å²) in [6.45, 7) is 2.35. The smallest absolute Gasteiger partial charge is 0.318 e. The van der Waals surface area contributed by atoms with E-state index in [1.54, 1.807) is 12.4 Å². The molecule has 0 atom stereocenters. The largest absolute Gasteiger partial charge is 0.459 e. The first-order valence-corrected chi connectivity index (χ1v) is 6.41. The summed E-state index contributed by atoms with van der Waals surface area (Å²) in [5.41, 5.74) is 2.18. The Morgan fingerprint density at radius 3 is 2.76 bits per heavy atom. The van der Waals surface area contributed by atoms with Gasteiger partial charge in [0, 0.05) is 12.4 Å². The summed E-state index contributed by atoms with van der Waals surface area (Å²) in [5, 5.41) is 0. The number of rotatable bonds is 4. The van der Waals surface area contributed by atoms with Crippen LogP contribution >= 0.6 is 0 Å². The lowest BCUT2D eigenvalue weighted by atomic mass is 10.2. The molecule has 0 spiro atoms. The first kappa shape index (κ1) is 13.2. The Labute approximate surface area is 121 Å². The van der Waals surface area contributed by atoms with E-state index in [4.69, 9.17) is 4.74 Å². The molecule has 0 amide bonds. The number of halogens is 1. The molecule has 0 fully saturated rings. The fourth-order valence-corrected chi connectivity index (χ4v) is 1.81. The van der Waals surface area contributed by atoms with Crippen molar-refractivity contribution in [1.29, 1.82) is 0 Å². The Morgan fingerprint density at radius 1 is 1.24 bits per heavy atom. The van der Waals surface area contributed by atoms with Gasteiger partial charge in [0.15, 0.2) is 11.6 Å². The zero-order chi connectivity index (χ0) is 14.7. The third-order valence-electron chi connectivity index (χ3n) is 2.94. The van der Waals surface area contributed by atoms with E-state index in [-0.39, 0.29) is 11.8 Å². The molecule has 0 saturated carbocycles. The minimum atomic E-state index is -0.532. The summed E-state index contributed by atoms with van der Waals surface area (Å²) in [4.78, 5) is 11.8. The molecule has 6 heteroatoms. The van der Waals surface area contributed by atoms with Crippen molar-refractivity contribution in [2.45, 2.75) is 13.5 Å². The Hall–Kier alpha value is -2.76. The number of benzene rings is 1. The van der Waals surface area contributed by atoms with E-state index < -0.39 is 5.82 Å². The van der Waals surface area contributed by atoms with Crippen LogP contribution in [0.25, 0.3) is 5.82 Å². The number of aryl methyl sites for hydroxylation is 1. The molecular weight excluding hydrogens is 271 g/mol. The Balaban J connectivity index is 1.77. The van der Waals surface area contributed by atoms with Crippen molar-refractivity contribution in [3.05, 3.63) is 66.1 Å². The first-order chi connectivity index (χ1) is 10.2. The quantitative estimate of drug-likeness (QED) is 0.739. The summed E-state index contributed by atoms with van der Waals surface area (Å²) < 4.78 is 20.7. The molecule has 0 radical (unpaired) electrons. The van der Waals surface area contributed by atoms with Crippen molar-refractivity contribution >= 4 is 0 Å². The maximum atomic E-state index is 13.7. The normalized spacial score (nSPS) is 10.6. The minimum absolute atomic E-state index is 0.112. The van der Waals surface area contributed by atoms with Crippen LogP contribution in [0.1, 0.15) is 11.1 Å². The molecule has 0 aliphatic rings. The van der Waals surface area contributed by atoms with Gasteiger partial charge in [-0.2, -0.15) is 4.98 Å². The molecule has 0 aliphatic heterocycles. The molecule has 0 N–H and O–H groups in total. The van der Waals surface area contributed by atoms with Gasteiger partial charge in [-0.25, -0.2) is 14.4 Å². The lowest BCUT2D eigenvalue weighted by molar-refractivity contribution is 0.279. The topological polar surface area (TPSA) is 52.8 Å². The van der Waals surface area contributed by atoms with Crippen LogP contribution in [0.4, 0.5) is 4.39 Å². The molecule has 0 aliphatic carbocycles. The Bertz CT molecular complexity index is 726. The second-order valence-corrected chi connectivity index (χ2v) is 4.57. The first-order valence-electron chi connectivity index (χ1n) is 6.41. The van der Waals surface area contributed by atoms with E-state index >= 15 is 0 Å². The van der Waals surface area contributed by atoms with E-state index in [9.17, 15) is 4.39 Å². The lowest BCUT2D eigenvalue weighted by Crippen LogP contribution is -2.05. The minimum Gasteiger partial charge on any atom is -0.459 e. The molecule has 1 aromatic carbocycles. The lowest BCUT2D eigenvalue weighted by Gasteiger charge is -2.07. The molecule has 3 aromatic rings. The Kier molecular flexibility index (Phi) is 3.59. The highest BCUT2D eigenvalue weighted by Gasteiger charge is 2.09. The zero-order valence-corrected chi connectivity index (χ0v) is 11.4. The van der Waals surface area contributed by atoms with Gasteiger partial charge in [-0.05, 0) is 12.5 Å². The molecule has 0 unspecified atom stereocenters.